The third-order valence-corrected chi connectivity index (χ3v) is 3.81. The Bertz CT molecular complexity index is 520. The van der Waals surface area contributed by atoms with Crippen molar-refractivity contribution in [1.29, 1.82) is 0 Å². The molecule has 2 heterocycles. The van der Waals surface area contributed by atoms with Crippen molar-refractivity contribution in [3.05, 3.63) is 22.8 Å². The number of halogens is 1. The van der Waals surface area contributed by atoms with E-state index in [1.165, 1.54) is 0 Å². The fourth-order valence-corrected chi connectivity index (χ4v) is 2.58. The van der Waals surface area contributed by atoms with E-state index in [1.807, 2.05) is 26.8 Å². The number of amides is 1. The second kappa shape index (κ2) is 6.10. The molecule has 0 spiro atoms. The third kappa shape index (κ3) is 4.24. The van der Waals surface area contributed by atoms with Gasteiger partial charge in [-0.3, -0.25) is 0 Å². The number of carbonyl (C=O) groups excluding carboxylic acids is 1. The molecule has 0 radical (unpaired) electrons. The number of nitrogens with zero attached hydrogens (tertiary/aromatic N) is 2. The number of hydrogen-bond donors (Lipinski definition) is 1. The number of pyridine rings is 1. The molecule has 1 saturated heterocycles. The summed E-state index contributed by atoms with van der Waals surface area (Å²) >= 11 is 6.01. The maximum absolute atomic E-state index is 12.0. The van der Waals surface area contributed by atoms with E-state index in [-0.39, 0.29) is 6.09 Å². The Morgan fingerprint density at radius 3 is 2.57 bits per heavy atom. The third-order valence-electron chi connectivity index (χ3n) is 3.51. The van der Waals surface area contributed by atoms with Crippen molar-refractivity contribution in [2.75, 3.05) is 18.8 Å². The van der Waals surface area contributed by atoms with E-state index in [4.69, 9.17) is 22.1 Å². The molecule has 1 fully saturated rings. The van der Waals surface area contributed by atoms with Gasteiger partial charge in [0.1, 0.15) is 11.4 Å². The number of carbonyl (C=O) groups is 1. The van der Waals surface area contributed by atoms with E-state index >= 15 is 0 Å². The van der Waals surface area contributed by atoms with Gasteiger partial charge in [0, 0.05) is 19.3 Å². The smallest absolute Gasteiger partial charge is 0.410 e. The van der Waals surface area contributed by atoms with Gasteiger partial charge in [0.15, 0.2) is 0 Å². The molecule has 0 atom stereocenters. The van der Waals surface area contributed by atoms with Gasteiger partial charge in [-0.25, -0.2) is 9.78 Å². The largest absolute Gasteiger partial charge is 0.444 e. The second-order valence-corrected chi connectivity index (χ2v) is 6.78. The molecule has 0 aliphatic carbocycles. The van der Waals surface area contributed by atoms with Crippen molar-refractivity contribution >= 4 is 23.5 Å². The molecular formula is C15H22ClN3O2. The van der Waals surface area contributed by atoms with Gasteiger partial charge in [-0.2, -0.15) is 0 Å². The highest BCUT2D eigenvalue weighted by Gasteiger charge is 2.27. The second-order valence-electron chi connectivity index (χ2n) is 6.38. The average Bonchev–Trinajstić information content (AvgIpc) is 2.40. The number of rotatable bonds is 1. The Morgan fingerprint density at radius 2 is 2.05 bits per heavy atom. The van der Waals surface area contributed by atoms with Gasteiger partial charge in [0.05, 0.1) is 5.02 Å². The van der Waals surface area contributed by atoms with Crippen LogP contribution < -0.4 is 5.73 Å². The van der Waals surface area contributed by atoms with Gasteiger partial charge >= 0.3 is 6.09 Å². The molecule has 0 unspecified atom stereocenters. The molecule has 21 heavy (non-hydrogen) atoms. The average molecular weight is 312 g/mol. The Morgan fingerprint density at radius 1 is 1.43 bits per heavy atom. The van der Waals surface area contributed by atoms with Crippen LogP contribution in [0.25, 0.3) is 0 Å². The molecule has 0 bridgehead atoms. The van der Waals surface area contributed by atoms with Crippen LogP contribution in [0.5, 0.6) is 0 Å². The van der Waals surface area contributed by atoms with E-state index in [0.29, 0.717) is 29.8 Å². The number of ether oxygens (including phenoxy) is 1. The van der Waals surface area contributed by atoms with E-state index in [2.05, 4.69) is 4.98 Å². The highest BCUT2D eigenvalue weighted by molar-refractivity contribution is 6.32. The zero-order valence-electron chi connectivity index (χ0n) is 12.7. The van der Waals surface area contributed by atoms with Crippen molar-refractivity contribution in [3.63, 3.8) is 0 Å². The number of nitrogens with two attached hydrogens (primary N) is 1. The summed E-state index contributed by atoms with van der Waals surface area (Å²) in [7, 11) is 0. The summed E-state index contributed by atoms with van der Waals surface area (Å²) in [5, 5.41) is 0.488. The lowest BCUT2D eigenvalue weighted by molar-refractivity contribution is 0.0205. The van der Waals surface area contributed by atoms with E-state index < -0.39 is 5.60 Å². The number of piperidine rings is 1. The van der Waals surface area contributed by atoms with Crippen LogP contribution in [0.1, 0.15) is 45.1 Å². The number of anilines is 1. The van der Waals surface area contributed by atoms with Crippen molar-refractivity contribution < 1.29 is 9.53 Å². The van der Waals surface area contributed by atoms with Crippen molar-refractivity contribution in [1.82, 2.24) is 9.88 Å². The standard InChI is InChI=1S/C15H22ClN3O2/c1-15(2,3)21-14(20)19-6-4-10(5-7-19)11-8-12(16)13(17)18-9-11/h8-10H,4-7H2,1-3H3,(H2,17,18). The number of hydrogen-bond acceptors (Lipinski definition) is 4. The van der Waals surface area contributed by atoms with Gasteiger partial charge in [0.25, 0.3) is 0 Å². The molecule has 1 aliphatic rings. The summed E-state index contributed by atoms with van der Waals surface area (Å²) in [6.45, 7) is 6.99. The van der Waals surface area contributed by atoms with Gasteiger partial charge in [0.2, 0.25) is 0 Å². The molecule has 0 saturated carbocycles. The van der Waals surface area contributed by atoms with Crippen LogP contribution in [0.4, 0.5) is 10.6 Å². The van der Waals surface area contributed by atoms with Crippen LogP contribution >= 0.6 is 11.6 Å². The van der Waals surface area contributed by atoms with Crippen LogP contribution in [0.2, 0.25) is 5.02 Å². The molecule has 116 valence electrons. The number of aromatic nitrogens is 1. The summed E-state index contributed by atoms with van der Waals surface area (Å²) in [4.78, 5) is 17.9. The lowest BCUT2D eigenvalue weighted by Gasteiger charge is -2.33. The zero-order chi connectivity index (χ0) is 15.6. The van der Waals surface area contributed by atoms with Crippen LogP contribution in [-0.2, 0) is 4.74 Å². The minimum Gasteiger partial charge on any atom is -0.444 e. The Hall–Kier alpha value is -1.49. The van der Waals surface area contributed by atoms with Crippen molar-refractivity contribution in [2.45, 2.75) is 45.1 Å². The van der Waals surface area contributed by atoms with E-state index in [1.54, 1.807) is 11.1 Å². The minimum absolute atomic E-state index is 0.241. The topological polar surface area (TPSA) is 68.5 Å². The lowest BCUT2D eigenvalue weighted by atomic mass is 9.90. The number of likely N-dealkylation sites (tertiary alicyclic amines) is 1. The van der Waals surface area contributed by atoms with Crippen molar-refractivity contribution in [2.24, 2.45) is 0 Å². The summed E-state index contributed by atoms with van der Waals surface area (Å²) in [5.41, 5.74) is 6.25. The Labute approximate surface area is 130 Å². The summed E-state index contributed by atoms with van der Waals surface area (Å²) in [5.74, 6) is 0.709. The predicted octanol–water partition coefficient (Wildman–Crippen LogP) is 3.43. The molecule has 1 aliphatic heterocycles. The zero-order valence-corrected chi connectivity index (χ0v) is 13.5. The maximum atomic E-state index is 12.0. The van der Waals surface area contributed by atoms with Crippen LogP contribution in [0.15, 0.2) is 12.3 Å². The van der Waals surface area contributed by atoms with Gasteiger partial charge < -0.3 is 15.4 Å². The molecular weight excluding hydrogens is 290 g/mol. The fourth-order valence-electron chi connectivity index (χ4n) is 2.41. The molecule has 1 aromatic heterocycles. The molecule has 1 aromatic rings. The molecule has 5 nitrogen and oxygen atoms in total. The van der Waals surface area contributed by atoms with Gasteiger partial charge in [-0.05, 0) is 51.2 Å². The van der Waals surface area contributed by atoms with Gasteiger partial charge in [-0.15, -0.1) is 0 Å². The predicted molar refractivity (Wildman–Crippen MR) is 83.4 cm³/mol. The SMILES string of the molecule is CC(C)(C)OC(=O)N1CCC(c2cnc(N)c(Cl)c2)CC1. The molecule has 2 rings (SSSR count). The summed E-state index contributed by atoms with van der Waals surface area (Å²) in [6.07, 6.45) is 3.28. The first-order chi connectivity index (χ1) is 9.76. The fraction of sp³-hybridized carbons (Fsp3) is 0.600. The highest BCUT2D eigenvalue weighted by atomic mass is 35.5. The summed E-state index contributed by atoms with van der Waals surface area (Å²) in [6, 6.07) is 1.87. The first-order valence-corrected chi connectivity index (χ1v) is 7.53. The van der Waals surface area contributed by atoms with E-state index in [9.17, 15) is 4.79 Å². The number of nitrogen functional groups attached to an aromatic ring is 1. The molecule has 6 heteroatoms. The van der Waals surface area contributed by atoms with Crippen LogP contribution in [0.3, 0.4) is 0 Å². The Balaban J connectivity index is 1.94. The molecule has 1 amide bonds. The molecule has 0 aromatic carbocycles. The first-order valence-electron chi connectivity index (χ1n) is 7.15. The van der Waals surface area contributed by atoms with Crippen molar-refractivity contribution in [3.8, 4) is 0 Å². The minimum atomic E-state index is -0.456. The highest BCUT2D eigenvalue weighted by Crippen LogP contribution is 2.30. The maximum Gasteiger partial charge on any atom is 0.410 e. The van der Waals surface area contributed by atoms with Crippen LogP contribution in [0, 0.1) is 0 Å². The normalized spacial score (nSPS) is 16.9. The molecule has 2 N–H and O–H groups in total. The Kier molecular flexibility index (Phi) is 4.61. The van der Waals surface area contributed by atoms with E-state index in [0.717, 1.165) is 18.4 Å². The quantitative estimate of drug-likeness (QED) is 0.862. The van der Waals surface area contributed by atoms with Crippen LogP contribution in [-0.4, -0.2) is 34.7 Å². The lowest BCUT2D eigenvalue weighted by Crippen LogP contribution is -2.41. The summed E-state index contributed by atoms with van der Waals surface area (Å²) < 4.78 is 5.39. The first kappa shape index (κ1) is 15.9. The monoisotopic (exact) mass is 311 g/mol. The van der Waals surface area contributed by atoms with Gasteiger partial charge in [-0.1, -0.05) is 11.6 Å².